The van der Waals surface area contributed by atoms with Crippen LogP contribution in [-0.2, 0) is 15.8 Å². The Bertz CT molecular complexity index is 566. The first-order chi connectivity index (χ1) is 9.27. The largest absolute Gasteiger partial charge is 0.478 e. The van der Waals surface area contributed by atoms with Gasteiger partial charge >= 0.3 is 5.97 Å². The van der Waals surface area contributed by atoms with Crippen LogP contribution in [0.3, 0.4) is 0 Å². The van der Waals surface area contributed by atoms with E-state index < -0.39 is 16.0 Å². The van der Waals surface area contributed by atoms with Crippen LogP contribution in [0.25, 0.3) is 0 Å². The molecule has 6 heteroatoms. The number of carboxylic acid groups (broad SMARTS) is 1. The number of sulfonamides is 1. The molecular formula is C14H21NO4S. The first-order valence-electron chi connectivity index (χ1n) is 6.59. The van der Waals surface area contributed by atoms with Gasteiger partial charge in [-0.2, -0.15) is 4.31 Å². The van der Waals surface area contributed by atoms with Gasteiger partial charge in [-0.15, -0.1) is 0 Å². The van der Waals surface area contributed by atoms with E-state index in [1.807, 2.05) is 20.8 Å². The topological polar surface area (TPSA) is 74.7 Å². The van der Waals surface area contributed by atoms with Crippen molar-refractivity contribution in [2.45, 2.75) is 39.0 Å². The summed E-state index contributed by atoms with van der Waals surface area (Å²) in [6.07, 6.45) is 0.743. The molecule has 0 spiro atoms. The summed E-state index contributed by atoms with van der Waals surface area (Å²) in [7, 11) is -3.44. The van der Waals surface area contributed by atoms with Crippen LogP contribution in [0.4, 0.5) is 0 Å². The summed E-state index contributed by atoms with van der Waals surface area (Å²) in [5.74, 6) is -1.23. The van der Waals surface area contributed by atoms with Gasteiger partial charge in [-0.3, -0.25) is 0 Å². The SMILES string of the molecule is CCCN(C(C)C)S(=O)(=O)Cc1cccc(C(=O)O)c1. The molecule has 112 valence electrons. The number of aromatic carboxylic acids is 1. The summed E-state index contributed by atoms with van der Waals surface area (Å²) >= 11 is 0. The summed E-state index contributed by atoms with van der Waals surface area (Å²) in [4.78, 5) is 10.9. The fourth-order valence-corrected chi connectivity index (χ4v) is 3.90. The third-order valence-corrected chi connectivity index (χ3v) is 4.92. The molecule has 5 nitrogen and oxygen atoms in total. The van der Waals surface area contributed by atoms with E-state index in [1.165, 1.54) is 16.4 Å². The van der Waals surface area contributed by atoms with Gasteiger partial charge in [0.05, 0.1) is 11.3 Å². The standard InChI is InChI=1S/C14H21NO4S/c1-4-8-15(11(2)3)20(18,19)10-12-6-5-7-13(9-12)14(16)17/h5-7,9,11H,4,8,10H2,1-3H3,(H,16,17). The Morgan fingerprint density at radius 2 is 2.00 bits per heavy atom. The Kier molecular flexibility index (Phi) is 5.71. The Morgan fingerprint density at radius 3 is 2.50 bits per heavy atom. The van der Waals surface area contributed by atoms with Crippen molar-refractivity contribution in [2.24, 2.45) is 0 Å². The van der Waals surface area contributed by atoms with Gasteiger partial charge in [-0.25, -0.2) is 13.2 Å². The molecule has 0 atom stereocenters. The Labute approximate surface area is 120 Å². The molecule has 1 aromatic rings. The van der Waals surface area contributed by atoms with Crippen LogP contribution >= 0.6 is 0 Å². The molecule has 0 aliphatic carbocycles. The van der Waals surface area contributed by atoms with E-state index in [1.54, 1.807) is 12.1 Å². The lowest BCUT2D eigenvalue weighted by Crippen LogP contribution is -2.38. The fourth-order valence-electron chi connectivity index (χ4n) is 2.03. The highest BCUT2D eigenvalue weighted by Crippen LogP contribution is 2.15. The van der Waals surface area contributed by atoms with Crippen LogP contribution in [0.2, 0.25) is 0 Å². The van der Waals surface area contributed by atoms with Crippen molar-refractivity contribution in [2.75, 3.05) is 6.54 Å². The van der Waals surface area contributed by atoms with E-state index in [0.29, 0.717) is 12.1 Å². The summed E-state index contributed by atoms with van der Waals surface area (Å²) < 4.78 is 26.2. The lowest BCUT2D eigenvalue weighted by molar-refractivity contribution is 0.0696. The zero-order chi connectivity index (χ0) is 15.3. The number of carboxylic acids is 1. The predicted molar refractivity (Wildman–Crippen MR) is 78.2 cm³/mol. The Hall–Kier alpha value is -1.40. The molecule has 0 unspecified atom stereocenters. The first kappa shape index (κ1) is 16.7. The van der Waals surface area contributed by atoms with E-state index in [0.717, 1.165) is 6.42 Å². The van der Waals surface area contributed by atoms with Crippen molar-refractivity contribution in [3.8, 4) is 0 Å². The van der Waals surface area contributed by atoms with Gasteiger partial charge in [0.25, 0.3) is 0 Å². The average molecular weight is 299 g/mol. The van der Waals surface area contributed by atoms with Gasteiger partial charge < -0.3 is 5.11 Å². The maximum absolute atomic E-state index is 12.4. The average Bonchev–Trinajstić information content (AvgIpc) is 2.35. The molecule has 1 aromatic carbocycles. The molecule has 1 rings (SSSR count). The second-order valence-electron chi connectivity index (χ2n) is 4.97. The molecule has 0 amide bonds. The predicted octanol–water partition coefficient (Wildman–Crippen LogP) is 2.33. The van der Waals surface area contributed by atoms with Crippen molar-refractivity contribution in [1.82, 2.24) is 4.31 Å². The van der Waals surface area contributed by atoms with E-state index in [9.17, 15) is 13.2 Å². The van der Waals surface area contributed by atoms with E-state index >= 15 is 0 Å². The maximum atomic E-state index is 12.4. The first-order valence-corrected chi connectivity index (χ1v) is 8.20. The highest BCUT2D eigenvalue weighted by Gasteiger charge is 2.24. The van der Waals surface area contributed by atoms with Crippen molar-refractivity contribution >= 4 is 16.0 Å². The molecule has 20 heavy (non-hydrogen) atoms. The minimum Gasteiger partial charge on any atom is -0.478 e. The molecule has 1 N–H and O–H groups in total. The van der Waals surface area contributed by atoms with Gasteiger partial charge in [0, 0.05) is 12.6 Å². The molecule has 0 aliphatic heterocycles. The molecular weight excluding hydrogens is 278 g/mol. The number of hydrogen-bond acceptors (Lipinski definition) is 3. The fraction of sp³-hybridized carbons (Fsp3) is 0.500. The quantitative estimate of drug-likeness (QED) is 0.838. The van der Waals surface area contributed by atoms with Crippen molar-refractivity contribution in [1.29, 1.82) is 0 Å². The van der Waals surface area contributed by atoms with Crippen LogP contribution in [0.5, 0.6) is 0 Å². The lowest BCUT2D eigenvalue weighted by Gasteiger charge is -2.25. The van der Waals surface area contributed by atoms with Crippen molar-refractivity contribution in [3.05, 3.63) is 35.4 Å². The zero-order valence-electron chi connectivity index (χ0n) is 12.0. The van der Waals surface area contributed by atoms with Gasteiger partial charge in [-0.1, -0.05) is 19.1 Å². The van der Waals surface area contributed by atoms with Gasteiger partial charge in [0.15, 0.2) is 0 Å². The summed E-state index contributed by atoms with van der Waals surface area (Å²) in [6.45, 7) is 6.07. The van der Waals surface area contributed by atoms with Gasteiger partial charge in [0.1, 0.15) is 0 Å². The van der Waals surface area contributed by atoms with Crippen molar-refractivity contribution < 1.29 is 18.3 Å². The second kappa shape index (κ2) is 6.85. The third-order valence-electron chi connectivity index (χ3n) is 2.90. The number of rotatable bonds is 7. The Balaban J connectivity index is 3.00. The summed E-state index contributed by atoms with van der Waals surface area (Å²) in [6, 6.07) is 5.94. The minimum absolute atomic E-state index is 0.101. The van der Waals surface area contributed by atoms with E-state index in [-0.39, 0.29) is 17.4 Å². The second-order valence-corrected chi connectivity index (χ2v) is 6.89. The van der Waals surface area contributed by atoms with Crippen LogP contribution < -0.4 is 0 Å². The summed E-state index contributed by atoms with van der Waals surface area (Å²) in [5, 5.41) is 8.93. The van der Waals surface area contributed by atoms with Crippen LogP contribution in [0, 0.1) is 0 Å². The van der Waals surface area contributed by atoms with E-state index in [2.05, 4.69) is 0 Å². The molecule has 0 aliphatic rings. The van der Waals surface area contributed by atoms with Crippen molar-refractivity contribution in [3.63, 3.8) is 0 Å². The van der Waals surface area contributed by atoms with Crippen LogP contribution in [0.1, 0.15) is 43.1 Å². The number of nitrogens with zero attached hydrogens (tertiary/aromatic N) is 1. The smallest absolute Gasteiger partial charge is 0.335 e. The number of hydrogen-bond donors (Lipinski definition) is 1. The molecule has 0 saturated carbocycles. The highest BCUT2D eigenvalue weighted by molar-refractivity contribution is 7.88. The molecule has 0 heterocycles. The highest BCUT2D eigenvalue weighted by atomic mass is 32.2. The third kappa shape index (κ3) is 4.31. The van der Waals surface area contributed by atoms with E-state index in [4.69, 9.17) is 5.11 Å². The molecule has 0 radical (unpaired) electrons. The molecule has 0 bridgehead atoms. The number of carbonyl (C=O) groups is 1. The maximum Gasteiger partial charge on any atom is 0.335 e. The molecule has 0 saturated heterocycles. The van der Waals surface area contributed by atoms with Gasteiger partial charge in [0.2, 0.25) is 10.0 Å². The lowest BCUT2D eigenvalue weighted by atomic mass is 10.1. The monoisotopic (exact) mass is 299 g/mol. The molecule has 0 aromatic heterocycles. The van der Waals surface area contributed by atoms with Crippen LogP contribution in [0.15, 0.2) is 24.3 Å². The van der Waals surface area contributed by atoms with Crippen LogP contribution in [-0.4, -0.2) is 36.4 Å². The normalized spacial score (nSPS) is 12.1. The summed E-state index contributed by atoms with van der Waals surface area (Å²) in [5.41, 5.74) is 0.593. The Morgan fingerprint density at radius 1 is 1.35 bits per heavy atom. The minimum atomic E-state index is -3.44. The number of benzene rings is 1. The molecule has 0 fully saturated rings. The zero-order valence-corrected chi connectivity index (χ0v) is 12.9. The van der Waals surface area contributed by atoms with Gasteiger partial charge in [-0.05, 0) is 38.0 Å².